The Hall–Kier alpha value is -1.89. The molecule has 1 heterocycles. The minimum absolute atomic E-state index is 0.0905. The van der Waals surface area contributed by atoms with E-state index in [2.05, 4.69) is 4.98 Å². The van der Waals surface area contributed by atoms with Crippen molar-refractivity contribution in [3.8, 4) is 0 Å². The maximum Gasteiger partial charge on any atom is 0.311 e. The lowest BCUT2D eigenvalue weighted by atomic mass is 10.2. The second kappa shape index (κ2) is 5.44. The minimum Gasteiger partial charge on any atom is -0.393 e. The van der Waals surface area contributed by atoms with Gasteiger partial charge in [0.25, 0.3) is 0 Å². The highest BCUT2D eigenvalue weighted by atomic mass is 16.6. The lowest BCUT2D eigenvalue weighted by Crippen LogP contribution is -2.24. The van der Waals surface area contributed by atoms with Gasteiger partial charge in [-0.3, -0.25) is 10.1 Å². The number of anilines is 2. The number of aliphatic hydroxyl groups is 1. The van der Waals surface area contributed by atoms with Crippen molar-refractivity contribution in [2.75, 3.05) is 24.2 Å². The molecule has 0 aromatic carbocycles. The van der Waals surface area contributed by atoms with Gasteiger partial charge in [0.1, 0.15) is 5.82 Å². The van der Waals surface area contributed by atoms with E-state index in [4.69, 9.17) is 5.73 Å². The molecule has 0 aliphatic carbocycles. The Morgan fingerprint density at radius 2 is 2.29 bits per heavy atom. The first-order valence-corrected chi connectivity index (χ1v) is 5.22. The number of nitrogen functional groups attached to an aromatic ring is 1. The number of hydrogen-bond acceptors (Lipinski definition) is 6. The molecular formula is C10H16N4O3. The highest BCUT2D eigenvalue weighted by Crippen LogP contribution is 2.26. The second-order valence-corrected chi connectivity index (χ2v) is 3.90. The Kier molecular flexibility index (Phi) is 4.22. The van der Waals surface area contributed by atoms with Crippen molar-refractivity contribution in [1.29, 1.82) is 0 Å². The van der Waals surface area contributed by atoms with Crippen molar-refractivity contribution in [2.24, 2.45) is 0 Å². The van der Waals surface area contributed by atoms with Crippen molar-refractivity contribution >= 4 is 17.3 Å². The maximum atomic E-state index is 10.8. The third-order valence-electron chi connectivity index (χ3n) is 2.32. The van der Waals surface area contributed by atoms with Crippen LogP contribution in [0.4, 0.5) is 17.3 Å². The number of pyridine rings is 1. The number of nitro groups is 1. The zero-order valence-electron chi connectivity index (χ0n) is 9.83. The normalized spacial score (nSPS) is 12.2. The molecule has 0 radical (unpaired) electrons. The summed E-state index contributed by atoms with van der Waals surface area (Å²) in [5, 5.41) is 20.0. The molecule has 7 heteroatoms. The van der Waals surface area contributed by atoms with E-state index < -0.39 is 11.0 Å². The molecule has 0 spiro atoms. The van der Waals surface area contributed by atoms with Gasteiger partial charge >= 0.3 is 5.69 Å². The Bertz CT molecular complexity index is 409. The summed E-state index contributed by atoms with van der Waals surface area (Å²) in [4.78, 5) is 15.9. The number of nitrogens with zero attached hydrogens (tertiary/aromatic N) is 3. The smallest absolute Gasteiger partial charge is 0.311 e. The molecule has 1 unspecified atom stereocenters. The van der Waals surface area contributed by atoms with Crippen molar-refractivity contribution in [3.63, 3.8) is 0 Å². The van der Waals surface area contributed by atoms with Gasteiger partial charge in [0.05, 0.1) is 11.0 Å². The molecule has 1 rings (SSSR count). The molecule has 1 aromatic heterocycles. The van der Waals surface area contributed by atoms with Gasteiger partial charge in [-0.1, -0.05) is 0 Å². The average Bonchev–Trinajstić information content (AvgIpc) is 2.25. The van der Waals surface area contributed by atoms with Gasteiger partial charge in [-0.05, 0) is 19.4 Å². The summed E-state index contributed by atoms with van der Waals surface area (Å²) in [5.41, 5.74) is 5.42. The minimum atomic E-state index is -0.499. The molecule has 94 valence electrons. The molecule has 0 bridgehead atoms. The van der Waals surface area contributed by atoms with E-state index in [0.717, 1.165) is 0 Å². The van der Waals surface area contributed by atoms with Crippen LogP contribution in [0.5, 0.6) is 0 Å². The van der Waals surface area contributed by atoms with Crippen LogP contribution < -0.4 is 10.6 Å². The predicted octanol–water partition coefficient (Wildman–Crippen LogP) is 0.779. The van der Waals surface area contributed by atoms with E-state index in [1.165, 1.54) is 12.1 Å². The van der Waals surface area contributed by atoms with Crippen molar-refractivity contribution < 1.29 is 10.0 Å². The van der Waals surface area contributed by atoms with Crippen molar-refractivity contribution in [2.45, 2.75) is 19.4 Å². The monoisotopic (exact) mass is 240 g/mol. The third-order valence-corrected chi connectivity index (χ3v) is 2.32. The highest BCUT2D eigenvalue weighted by Gasteiger charge is 2.19. The number of nitrogens with two attached hydrogens (primary N) is 1. The van der Waals surface area contributed by atoms with E-state index >= 15 is 0 Å². The van der Waals surface area contributed by atoms with Gasteiger partial charge < -0.3 is 15.7 Å². The number of hydrogen-bond donors (Lipinski definition) is 2. The van der Waals surface area contributed by atoms with E-state index in [0.29, 0.717) is 13.0 Å². The molecule has 1 atom stereocenters. The third kappa shape index (κ3) is 3.56. The summed E-state index contributed by atoms with van der Waals surface area (Å²) in [7, 11) is 1.68. The van der Waals surface area contributed by atoms with Crippen LogP contribution in [0.25, 0.3) is 0 Å². The lowest BCUT2D eigenvalue weighted by Gasteiger charge is -2.18. The van der Waals surface area contributed by atoms with Gasteiger partial charge in [0.2, 0.25) is 5.82 Å². The average molecular weight is 240 g/mol. The molecule has 0 amide bonds. The first-order valence-electron chi connectivity index (χ1n) is 5.22. The molecule has 7 nitrogen and oxygen atoms in total. The first-order chi connectivity index (χ1) is 7.91. The summed E-state index contributed by atoms with van der Waals surface area (Å²) in [6.45, 7) is 2.13. The Morgan fingerprint density at radius 1 is 1.65 bits per heavy atom. The zero-order chi connectivity index (χ0) is 13.0. The second-order valence-electron chi connectivity index (χ2n) is 3.90. The Balaban J connectivity index is 2.94. The lowest BCUT2D eigenvalue weighted by molar-refractivity contribution is -0.384. The highest BCUT2D eigenvalue weighted by molar-refractivity contribution is 5.60. The Labute approximate surface area is 99.0 Å². The predicted molar refractivity (Wildman–Crippen MR) is 64.9 cm³/mol. The van der Waals surface area contributed by atoms with E-state index in [-0.39, 0.29) is 17.3 Å². The van der Waals surface area contributed by atoms with Crippen LogP contribution >= 0.6 is 0 Å². The van der Waals surface area contributed by atoms with Crippen LogP contribution in [-0.2, 0) is 0 Å². The van der Waals surface area contributed by atoms with Gasteiger partial charge in [-0.15, -0.1) is 0 Å². The molecule has 17 heavy (non-hydrogen) atoms. The van der Waals surface area contributed by atoms with Crippen LogP contribution in [0.3, 0.4) is 0 Å². The number of rotatable bonds is 5. The van der Waals surface area contributed by atoms with Crippen LogP contribution in [-0.4, -0.2) is 34.7 Å². The SMILES string of the molecule is CC(O)CCN(C)c1nc(N)ccc1[N+](=O)[O-]. The maximum absolute atomic E-state index is 10.8. The molecule has 1 aromatic rings. The van der Waals surface area contributed by atoms with E-state index in [1.54, 1.807) is 18.9 Å². The molecule has 0 saturated carbocycles. The van der Waals surface area contributed by atoms with Crippen LogP contribution in [0.1, 0.15) is 13.3 Å². The van der Waals surface area contributed by atoms with Crippen molar-refractivity contribution in [1.82, 2.24) is 4.98 Å². The number of aromatic nitrogens is 1. The summed E-state index contributed by atoms with van der Waals surface area (Å²) in [5.74, 6) is 0.449. The molecule has 3 N–H and O–H groups in total. The van der Waals surface area contributed by atoms with Gasteiger partial charge in [0, 0.05) is 19.7 Å². The quantitative estimate of drug-likeness (QED) is 0.582. The van der Waals surface area contributed by atoms with E-state index in [1.807, 2.05) is 0 Å². The summed E-state index contributed by atoms with van der Waals surface area (Å²) in [6, 6.07) is 2.72. The fourth-order valence-electron chi connectivity index (χ4n) is 1.37. The van der Waals surface area contributed by atoms with Gasteiger partial charge in [-0.25, -0.2) is 4.98 Å². The largest absolute Gasteiger partial charge is 0.393 e. The summed E-state index contributed by atoms with van der Waals surface area (Å²) >= 11 is 0. The molecule has 0 saturated heterocycles. The van der Waals surface area contributed by atoms with Gasteiger partial charge in [-0.2, -0.15) is 0 Å². The van der Waals surface area contributed by atoms with Crippen molar-refractivity contribution in [3.05, 3.63) is 22.2 Å². The molecule has 0 aliphatic rings. The first kappa shape index (κ1) is 13.2. The fourth-order valence-corrected chi connectivity index (χ4v) is 1.37. The van der Waals surface area contributed by atoms with Crippen LogP contribution in [0.2, 0.25) is 0 Å². The topological polar surface area (TPSA) is 106 Å². The fraction of sp³-hybridized carbons (Fsp3) is 0.500. The van der Waals surface area contributed by atoms with Crippen LogP contribution in [0.15, 0.2) is 12.1 Å². The summed E-state index contributed by atoms with van der Waals surface area (Å²) < 4.78 is 0. The number of aliphatic hydroxyl groups excluding tert-OH is 1. The molecule has 0 fully saturated rings. The molecule has 0 aliphatic heterocycles. The standard InChI is InChI=1S/C10H16N4O3/c1-7(15)5-6-13(2)10-8(14(16)17)3-4-9(11)12-10/h3-4,7,15H,5-6H2,1-2H3,(H2,11,12). The zero-order valence-corrected chi connectivity index (χ0v) is 9.83. The van der Waals surface area contributed by atoms with Gasteiger partial charge in [0.15, 0.2) is 0 Å². The van der Waals surface area contributed by atoms with E-state index in [9.17, 15) is 15.2 Å². The molecular weight excluding hydrogens is 224 g/mol. The summed E-state index contributed by atoms with van der Waals surface area (Å²) in [6.07, 6.45) is 0.0435. The Morgan fingerprint density at radius 3 is 2.82 bits per heavy atom. The van der Waals surface area contributed by atoms with Crippen LogP contribution in [0, 0.1) is 10.1 Å².